The molecule has 0 bridgehead atoms. The Hall–Kier alpha value is -1.03. The molecule has 0 heterocycles. The highest BCUT2D eigenvalue weighted by atomic mass is 32.2. The number of halogens is 1. The number of benzene rings is 1. The minimum Gasteiger partial charge on any atom is -0.480 e. The van der Waals surface area contributed by atoms with Crippen molar-refractivity contribution in [3.63, 3.8) is 0 Å². The molecule has 0 amide bonds. The van der Waals surface area contributed by atoms with Crippen molar-refractivity contribution in [3.05, 3.63) is 30.1 Å². The first-order valence-corrected chi connectivity index (χ1v) is 7.23. The summed E-state index contributed by atoms with van der Waals surface area (Å²) in [5.74, 6) is -0.631. The zero-order chi connectivity index (χ0) is 14.3. The fourth-order valence-electron chi connectivity index (χ4n) is 2.38. The molecule has 1 aliphatic carbocycles. The number of rotatable bonds is 3. The molecule has 0 saturated heterocycles. The van der Waals surface area contributed by atoms with Crippen molar-refractivity contribution in [2.24, 2.45) is 11.3 Å². The van der Waals surface area contributed by atoms with E-state index in [4.69, 9.17) is 0 Å². The molecule has 1 saturated carbocycles. The molecule has 2 rings (SSSR count). The summed E-state index contributed by atoms with van der Waals surface area (Å²) in [5.41, 5.74) is 0.141. The van der Waals surface area contributed by atoms with Gasteiger partial charge in [0.2, 0.25) is 0 Å². The SMILES string of the molecule is CC(C)(C)C1CC(Sc2ccc(F)cc2)(C(=O)O)C1. The van der Waals surface area contributed by atoms with Crippen molar-refractivity contribution >= 4 is 17.7 Å². The van der Waals surface area contributed by atoms with Crippen molar-refractivity contribution in [1.29, 1.82) is 0 Å². The smallest absolute Gasteiger partial charge is 0.320 e. The minimum absolute atomic E-state index is 0.141. The molecule has 0 aliphatic heterocycles. The third-order valence-electron chi connectivity index (χ3n) is 3.89. The molecule has 1 aromatic carbocycles. The number of carboxylic acids is 1. The van der Waals surface area contributed by atoms with Crippen molar-refractivity contribution in [2.75, 3.05) is 0 Å². The fourth-order valence-corrected chi connectivity index (χ4v) is 3.76. The first-order valence-electron chi connectivity index (χ1n) is 6.41. The molecule has 0 aromatic heterocycles. The Balaban J connectivity index is 2.11. The van der Waals surface area contributed by atoms with Crippen LogP contribution in [0.2, 0.25) is 0 Å². The van der Waals surface area contributed by atoms with E-state index >= 15 is 0 Å². The topological polar surface area (TPSA) is 37.3 Å². The van der Waals surface area contributed by atoms with Crippen LogP contribution in [0, 0.1) is 17.2 Å². The Morgan fingerprint density at radius 1 is 1.32 bits per heavy atom. The molecule has 0 spiro atoms. The molecule has 1 aromatic rings. The predicted molar refractivity (Wildman–Crippen MR) is 74.8 cm³/mol. The molecule has 0 atom stereocenters. The van der Waals surface area contributed by atoms with Crippen molar-refractivity contribution in [1.82, 2.24) is 0 Å². The minimum atomic E-state index is -0.762. The molecule has 0 unspecified atom stereocenters. The zero-order valence-electron chi connectivity index (χ0n) is 11.4. The van der Waals surface area contributed by atoms with Gasteiger partial charge in [-0.05, 0) is 48.4 Å². The molecule has 104 valence electrons. The zero-order valence-corrected chi connectivity index (χ0v) is 12.3. The van der Waals surface area contributed by atoms with Crippen LogP contribution in [-0.2, 0) is 4.79 Å². The van der Waals surface area contributed by atoms with E-state index in [1.807, 2.05) is 0 Å². The summed E-state index contributed by atoms with van der Waals surface area (Å²) in [4.78, 5) is 12.4. The van der Waals surface area contributed by atoms with Crippen molar-refractivity contribution in [3.8, 4) is 0 Å². The molecular weight excluding hydrogens is 263 g/mol. The number of carbonyl (C=O) groups is 1. The maximum absolute atomic E-state index is 12.9. The average molecular weight is 282 g/mol. The van der Waals surface area contributed by atoms with Gasteiger partial charge in [-0.25, -0.2) is 4.39 Å². The Morgan fingerprint density at radius 2 is 1.84 bits per heavy atom. The highest BCUT2D eigenvalue weighted by Crippen LogP contribution is 2.56. The van der Waals surface area contributed by atoms with Gasteiger partial charge in [0.05, 0.1) is 0 Å². The van der Waals surface area contributed by atoms with E-state index in [1.165, 1.54) is 23.9 Å². The maximum Gasteiger partial charge on any atom is 0.320 e. The second-order valence-corrected chi connectivity index (χ2v) is 7.78. The molecule has 4 heteroatoms. The van der Waals surface area contributed by atoms with Crippen LogP contribution in [0.1, 0.15) is 33.6 Å². The molecule has 1 fully saturated rings. The van der Waals surface area contributed by atoms with E-state index in [9.17, 15) is 14.3 Å². The highest BCUT2D eigenvalue weighted by molar-refractivity contribution is 8.01. The lowest BCUT2D eigenvalue weighted by molar-refractivity contribution is -0.145. The molecule has 1 N–H and O–H groups in total. The van der Waals surface area contributed by atoms with Crippen LogP contribution < -0.4 is 0 Å². The van der Waals surface area contributed by atoms with Gasteiger partial charge in [-0.15, -0.1) is 11.8 Å². The summed E-state index contributed by atoms with van der Waals surface area (Å²) in [6.45, 7) is 6.43. The lowest BCUT2D eigenvalue weighted by Gasteiger charge is -2.49. The first-order chi connectivity index (χ1) is 8.73. The number of aliphatic carboxylic acids is 1. The predicted octanol–water partition coefficient (Wildman–Crippen LogP) is 4.20. The molecular formula is C15H19FO2S. The van der Waals surface area contributed by atoms with Gasteiger partial charge in [0.15, 0.2) is 0 Å². The summed E-state index contributed by atoms with van der Waals surface area (Å²) >= 11 is 1.35. The van der Waals surface area contributed by atoms with Gasteiger partial charge >= 0.3 is 5.97 Å². The molecule has 19 heavy (non-hydrogen) atoms. The Kier molecular flexibility index (Phi) is 3.65. The number of hydrogen-bond donors (Lipinski definition) is 1. The van der Waals surface area contributed by atoms with Gasteiger partial charge in [0, 0.05) is 4.90 Å². The van der Waals surface area contributed by atoms with Gasteiger partial charge in [-0.2, -0.15) is 0 Å². The summed E-state index contributed by atoms with van der Waals surface area (Å²) in [5, 5.41) is 9.49. The normalized spacial score (nSPS) is 26.8. The monoisotopic (exact) mass is 282 g/mol. The van der Waals surface area contributed by atoms with Gasteiger partial charge in [0.1, 0.15) is 10.6 Å². The van der Waals surface area contributed by atoms with E-state index in [2.05, 4.69) is 20.8 Å². The number of thioether (sulfide) groups is 1. The number of hydrogen-bond acceptors (Lipinski definition) is 2. The van der Waals surface area contributed by atoms with E-state index < -0.39 is 10.7 Å². The molecule has 1 aliphatic rings. The van der Waals surface area contributed by atoms with E-state index in [-0.39, 0.29) is 11.2 Å². The van der Waals surface area contributed by atoms with Crippen LogP contribution >= 0.6 is 11.8 Å². The number of carboxylic acid groups (broad SMARTS) is 1. The highest BCUT2D eigenvalue weighted by Gasteiger charge is 2.54. The average Bonchev–Trinajstić information content (AvgIpc) is 2.23. The second kappa shape index (κ2) is 4.82. The van der Waals surface area contributed by atoms with Crippen LogP contribution in [0.25, 0.3) is 0 Å². The van der Waals surface area contributed by atoms with Gasteiger partial charge in [-0.1, -0.05) is 20.8 Å². The summed E-state index contributed by atoms with van der Waals surface area (Å²) in [7, 11) is 0. The quantitative estimate of drug-likeness (QED) is 0.903. The van der Waals surface area contributed by atoms with Crippen LogP contribution in [0.5, 0.6) is 0 Å². The van der Waals surface area contributed by atoms with Crippen LogP contribution in [-0.4, -0.2) is 15.8 Å². The maximum atomic E-state index is 12.9. The Morgan fingerprint density at radius 3 is 2.26 bits per heavy atom. The lowest BCUT2D eigenvalue weighted by atomic mass is 9.62. The first kappa shape index (κ1) is 14.4. The summed E-state index contributed by atoms with van der Waals surface area (Å²) in [6.07, 6.45) is 1.35. The van der Waals surface area contributed by atoms with Crippen LogP contribution in [0.4, 0.5) is 4.39 Å². The van der Waals surface area contributed by atoms with Crippen molar-refractivity contribution < 1.29 is 14.3 Å². The van der Waals surface area contributed by atoms with E-state index in [0.29, 0.717) is 18.8 Å². The molecule has 0 radical (unpaired) electrons. The Labute approximate surface area is 117 Å². The third-order valence-corrected chi connectivity index (χ3v) is 5.30. The third kappa shape index (κ3) is 2.94. The van der Waals surface area contributed by atoms with E-state index in [0.717, 1.165) is 4.90 Å². The largest absolute Gasteiger partial charge is 0.480 e. The summed E-state index contributed by atoms with van der Waals surface area (Å²) in [6, 6.07) is 6.04. The summed E-state index contributed by atoms with van der Waals surface area (Å²) < 4.78 is 12.1. The van der Waals surface area contributed by atoms with Gasteiger partial charge < -0.3 is 5.11 Å². The van der Waals surface area contributed by atoms with Crippen LogP contribution in [0.3, 0.4) is 0 Å². The van der Waals surface area contributed by atoms with Gasteiger partial charge in [-0.3, -0.25) is 4.79 Å². The lowest BCUT2D eigenvalue weighted by Crippen LogP contribution is -2.51. The van der Waals surface area contributed by atoms with E-state index in [1.54, 1.807) is 12.1 Å². The Bertz CT molecular complexity index is 470. The van der Waals surface area contributed by atoms with Gasteiger partial charge in [0.25, 0.3) is 0 Å². The molecule has 2 nitrogen and oxygen atoms in total. The second-order valence-electron chi connectivity index (χ2n) is 6.33. The standard InChI is InChI=1S/C15H19FO2S/c1-14(2,3)10-8-15(9-10,13(17)18)19-12-6-4-11(16)5-7-12/h4-7,10H,8-9H2,1-3H3,(H,17,18). The van der Waals surface area contributed by atoms with Crippen LogP contribution in [0.15, 0.2) is 29.2 Å². The van der Waals surface area contributed by atoms with Crippen molar-refractivity contribution in [2.45, 2.75) is 43.3 Å². The fraction of sp³-hybridized carbons (Fsp3) is 0.533.